The molecule has 0 amide bonds. The number of hydrogen-bond acceptors (Lipinski definition) is 4. The normalized spacial score (nSPS) is 19.9. The Morgan fingerprint density at radius 2 is 2.35 bits per heavy atom. The highest BCUT2D eigenvalue weighted by atomic mass is 16.5. The molecule has 1 fully saturated rings. The quantitative estimate of drug-likeness (QED) is 0.855. The van der Waals surface area contributed by atoms with Crippen molar-refractivity contribution in [3.8, 4) is 0 Å². The fourth-order valence-corrected chi connectivity index (χ4v) is 2.22. The predicted octanol–water partition coefficient (Wildman–Crippen LogP) is 1.33. The summed E-state index contributed by atoms with van der Waals surface area (Å²) in [5.41, 5.74) is 8.00. The monoisotopic (exact) mass is 235 g/mol. The summed E-state index contributed by atoms with van der Waals surface area (Å²) < 4.78 is 5.38. The van der Waals surface area contributed by atoms with Crippen LogP contribution in [0.15, 0.2) is 12.1 Å². The average Bonchev–Trinajstić information content (AvgIpc) is 2.86. The molecule has 2 rings (SSSR count). The van der Waals surface area contributed by atoms with Crippen LogP contribution in [0.25, 0.3) is 0 Å². The Morgan fingerprint density at radius 1 is 1.53 bits per heavy atom. The van der Waals surface area contributed by atoms with Crippen molar-refractivity contribution in [1.82, 2.24) is 4.98 Å². The van der Waals surface area contributed by atoms with E-state index in [1.165, 1.54) is 0 Å². The van der Waals surface area contributed by atoms with E-state index in [1.807, 2.05) is 0 Å². The molecule has 1 atom stereocenters. The van der Waals surface area contributed by atoms with Gasteiger partial charge in [0, 0.05) is 32.4 Å². The number of methoxy groups -OCH3 is 1. The highest BCUT2D eigenvalue weighted by molar-refractivity contribution is 5.44. The van der Waals surface area contributed by atoms with Crippen molar-refractivity contribution in [1.29, 1.82) is 0 Å². The van der Waals surface area contributed by atoms with Gasteiger partial charge < -0.3 is 15.4 Å². The Bertz CT molecular complexity index is 359. The van der Waals surface area contributed by atoms with Gasteiger partial charge in [-0.05, 0) is 30.5 Å². The number of hydrogen-bond donors (Lipinski definition) is 1. The Labute approximate surface area is 103 Å². The molecule has 1 aliphatic heterocycles. The van der Waals surface area contributed by atoms with Crippen LogP contribution in [0, 0.1) is 0 Å². The lowest BCUT2D eigenvalue weighted by atomic mass is 10.2. The summed E-state index contributed by atoms with van der Waals surface area (Å²) >= 11 is 0. The number of rotatable bonds is 4. The van der Waals surface area contributed by atoms with Crippen molar-refractivity contribution in [2.75, 3.05) is 25.1 Å². The summed E-state index contributed by atoms with van der Waals surface area (Å²) in [5.74, 6) is 1.05. The molecule has 0 aliphatic carbocycles. The zero-order valence-corrected chi connectivity index (χ0v) is 10.6. The molecule has 0 saturated carbocycles. The van der Waals surface area contributed by atoms with Crippen molar-refractivity contribution in [3.05, 3.63) is 23.4 Å². The Hall–Kier alpha value is -1.13. The number of aryl methyl sites for hydroxylation is 1. The van der Waals surface area contributed by atoms with Crippen molar-refractivity contribution in [2.24, 2.45) is 5.73 Å². The van der Waals surface area contributed by atoms with E-state index in [0.717, 1.165) is 43.0 Å². The molecule has 1 aromatic rings. The lowest BCUT2D eigenvalue weighted by molar-refractivity contribution is 0.121. The molecule has 4 nitrogen and oxygen atoms in total. The number of aromatic nitrogens is 1. The standard InChI is InChI=1S/C13H21N3O/c1-3-11-6-10(8-14)7-13(15-11)16-5-4-12(9-16)17-2/h6-7,12H,3-5,8-9,14H2,1-2H3. The zero-order chi connectivity index (χ0) is 12.3. The molecule has 1 saturated heterocycles. The summed E-state index contributed by atoms with van der Waals surface area (Å²) in [6.07, 6.45) is 2.36. The van der Waals surface area contributed by atoms with Gasteiger partial charge in [-0.2, -0.15) is 0 Å². The summed E-state index contributed by atoms with van der Waals surface area (Å²) in [6, 6.07) is 4.19. The molecule has 1 unspecified atom stereocenters. The number of nitrogens with two attached hydrogens (primary N) is 1. The highest BCUT2D eigenvalue weighted by Gasteiger charge is 2.23. The molecule has 0 spiro atoms. The van der Waals surface area contributed by atoms with Crippen molar-refractivity contribution < 1.29 is 4.74 Å². The van der Waals surface area contributed by atoms with Gasteiger partial charge in [-0.3, -0.25) is 0 Å². The maximum Gasteiger partial charge on any atom is 0.129 e. The molecule has 4 heteroatoms. The number of ether oxygens (including phenoxy) is 1. The van der Waals surface area contributed by atoms with Crippen LogP contribution in [0.4, 0.5) is 5.82 Å². The maximum absolute atomic E-state index is 5.72. The van der Waals surface area contributed by atoms with Crippen LogP contribution in [0.2, 0.25) is 0 Å². The van der Waals surface area contributed by atoms with Crippen LogP contribution in [-0.2, 0) is 17.7 Å². The van der Waals surface area contributed by atoms with Crippen LogP contribution in [0.3, 0.4) is 0 Å². The first-order chi connectivity index (χ1) is 8.26. The minimum atomic E-state index is 0.336. The smallest absolute Gasteiger partial charge is 0.129 e. The van der Waals surface area contributed by atoms with Crippen LogP contribution >= 0.6 is 0 Å². The summed E-state index contributed by atoms with van der Waals surface area (Å²) in [5, 5.41) is 0. The molecule has 17 heavy (non-hydrogen) atoms. The van der Waals surface area contributed by atoms with Gasteiger partial charge in [0.15, 0.2) is 0 Å². The largest absolute Gasteiger partial charge is 0.380 e. The van der Waals surface area contributed by atoms with E-state index in [9.17, 15) is 0 Å². The first kappa shape index (κ1) is 12.3. The molecule has 94 valence electrons. The van der Waals surface area contributed by atoms with E-state index in [0.29, 0.717) is 12.6 Å². The second-order valence-corrected chi connectivity index (χ2v) is 4.48. The molecule has 2 heterocycles. The van der Waals surface area contributed by atoms with Gasteiger partial charge in [-0.25, -0.2) is 4.98 Å². The van der Waals surface area contributed by atoms with Gasteiger partial charge in [0.1, 0.15) is 5.82 Å². The van der Waals surface area contributed by atoms with E-state index in [4.69, 9.17) is 10.5 Å². The molecule has 1 aliphatic rings. The second kappa shape index (κ2) is 5.47. The van der Waals surface area contributed by atoms with Gasteiger partial charge in [-0.1, -0.05) is 6.92 Å². The highest BCUT2D eigenvalue weighted by Crippen LogP contribution is 2.21. The van der Waals surface area contributed by atoms with Crippen LogP contribution in [0.5, 0.6) is 0 Å². The molecule has 0 radical (unpaired) electrons. The molecule has 1 aromatic heterocycles. The molecule has 0 bridgehead atoms. The Morgan fingerprint density at radius 3 is 2.94 bits per heavy atom. The average molecular weight is 235 g/mol. The third-order valence-corrected chi connectivity index (χ3v) is 3.32. The summed E-state index contributed by atoms with van der Waals surface area (Å²) in [7, 11) is 1.77. The molecular formula is C13H21N3O. The minimum absolute atomic E-state index is 0.336. The van der Waals surface area contributed by atoms with Crippen LogP contribution in [-0.4, -0.2) is 31.3 Å². The summed E-state index contributed by atoms with van der Waals surface area (Å²) in [6.45, 7) is 4.64. The van der Waals surface area contributed by atoms with E-state index < -0.39 is 0 Å². The van der Waals surface area contributed by atoms with Gasteiger partial charge >= 0.3 is 0 Å². The Balaban J connectivity index is 2.20. The third kappa shape index (κ3) is 2.76. The predicted molar refractivity (Wildman–Crippen MR) is 69.1 cm³/mol. The SMILES string of the molecule is CCc1cc(CN)cc(N2CCC(OC)C2)n1. The molecule has 2 N–H and O–H groups in total. The lowest BCUT2D eigenvalue weighted by Crippen LogP contribution is -2.23. The van der Waals surface area contributed by atoms with Crippen molar-refractivity contribution >= 4 is 5.82 Å². The Kier molecular flexibility index (Phi) is 3.97. The van der Waals surface area contributed by atoms with Crippen LogP contribution < -0.4 is 10.6 Å². The zero-order valence-electron chi connectivity index (χ0n) is 10.6. The molecular weight excluding hydrogens is 214 g/mol. The van der Waals surface area contributed by atoms with E-state index >= 15 is 0 Å². The van der Waals surface area contributed by atoms with Gasteiger partial charge in [-0.15, -0.1) is 0 Å². The van der Waals surface area contributed by atoms with E-state index in [1.54, 1.807) is 7.11 Å². The van der Waals surface area contributed by atoms with Gasteiger partial charge in [0.05, 0.1) is 6.10 Å². The first-order valence-electron chi connectivity index (χ1n) is 6.24. The van der Waals surface area contributed by atoms with Crippen LogP contribution in [0.1, 0.15) is 24.6 Å². The van der Waals surface area contributed by atoms with Crippen molar-refractivity contribution in [2.45, 2.75) is 32.4 Å². The van der Waals surface area contributed by atoms with Gasteiger partial charge in [0.25, 0.3) is 0 Å². The molecule has 0 aromatic carbocycles. The fraction of sp³-hybridized carbons (Fsp3) is 0.615. The van der Waals surface area contributed by atoms with Gasteiger partial charge in [0.2, 0.25) is 0 Å². The second-order valence-electron chi connectivity index (χ2n) is 4.48. The van der Waals surface area contributed by atoms with E-state index in [-0.39, 0.29) is 0 Å². The minimum Gasteiger partial charge on any atom is -0.380 e. The fourth-order valence-electron chi connectivity index (χ4n) is 2.22. The topological polar surface area (TPSA) is 51.4 Å². The summed E-state index contributed by atoms with van der Waals surface area (Å²) in [4.78, 5) is 6.95. The maximum atomic E-state index is 5.72. The number of nitrogens with zero attached hydrogens (tertiary/aromatic N) is 2. The van der Waals surface area contributed by atoms with E-state index in [2.05, 4.69) is 28.9 Å². The number of pyridine rings is 1. The lowest BCUT2D eigenvalue weighted by Gasteiger charge is -2.19. The first-order valence-corrected chi connectivity index (χ1v) is 6.24. The number of anilines is 1. The van der Waals surface area contributed by atoms with Crippen molar-refractivity contribution in [3.63, 3.8) is 0 Å². The third-order valence-electron chi connectivity index (χ3n) is 3.32.